The number of ether oxygens (including phenoxy) is 3. The van der Waals surface area contributed by atoms with Gasteiger partial charge < -0.3 is 14.2 Å². The standard InChI is InChI=1S/C61H102O6/c1-4-7-10-13-16-19-22-25-28-30-33-36-39-42-45-48-51-54-60(63)66-57-58(56-65-59(62)53-50-47-44-41-38-35-32-27-24-21-18-15-12-9-6-3)67-61(64)55-52-49-46-43-40-37-34-31-29-26-23-20-17-14-11-8-5-2/h9,12,16,18-19,21,25,27-28,32-33,36,38,41-42,45,58H,4-8,10-11,13-15,17,20,22-24,26,29-31,34-35,37,39-40,43-44,46-57H2,1-3H3/b12-9-,19-16-,21-18-,28-25-,32-27-,36-33-,41-38-,45-42-/t58-/m1/s1. The zero-order valence-electron chi connectivity index (χ0n) is 43.6. The molecule has 0 heterocycles. The summed E-state index contributed by atoms with van der Waals surface area (Å²) in [5.41, 5.74) is 0. The van der Waals surface area contributed by atoms with Gasteiger partial charge in [-0.05, 0) is 96.3 Å². The van der Waals surface area contributed by atoms with E-state index in [1.807, 2.05) is 0 Å². The molecule has 67 heavy (non-hydrogen) atoms. The molecule has 0 rings (SSSR count). The van der Waals surface area contributed by atoms with Crippen LogP contribution >= 0.6 is 0 Å². The molecule has 0 radical (unpaired) electrons. The Bertz CT molecular complexity index is 1350. The number of hydrogen-bond donors (Lipinski definition) is 0. The first kappa shape index (κ1) is 63.3. The van der Waals surface area contributed by atoms with E-state index in [0.29, 0.717) is 25.7 Å². The molecular formula is C61H102O6. The summed E-state index contributed by atoms with van der Waals surface area (Å²) in [5, 5.41) is 0. The van der Waals surface area contributed by atoms with Crippen molar-refractivity contribution in [1.82, 2.24) is 0 Å². The van der Waals surface area contributed by atoms with E-state index in [4.69, 9.17) is 14.2 Å². The van der Waals surface area contributed by atoms with Crippen LogP contribution in [-0.4, -0.2) is 37.2 Å². The monoisotopic (exact) mass is 931 g/mol. The van der Waals surface area contributed by atoms with Gasteiger partial charge in [0.2, 0.25) is 0 Å². The molecule has 0 amide bonds. The molecule has 0 aromatic carbocycles. The number of hydrogen-bond acceptors (Lipinski definition) is 6. The molecule has 0 aromatic heterocycles. The summed E-state index contributed by atoms with van der Waals surface area (Å²) in [6, 6.07) is 0. The zero-order chi connectivity index (χ0) is 48.6. The van der Waals surface area contributed by atoms with E-state index in [1.165, 1.54) is 116 Å². The lowest BCUT2D eigenvalue weighted by Gasteiger charge is -2.18. The lowest BCUT2D eigenvalue weighted by molar-refractivity contribution is -0.167. The molecule has 0 bridgehead atoms. The van der Waals surface area contributed by atoms with Crippen molar-refractivity contribution in [2.75, 3.05) is 13.2 Å². The number of esters is 3. The molecule has 0 aliphatic heterocycles. The largest absolute Gasteiger partial charge is 0.462 e. The summed E-state index contributed by atoms with van der Waals surface area (Å²) >= 11 is 0. The van der Waals surface area contributed by atoms with E-state index in [2.05, 4.69) is 118 Å². The fraction of sp³-hybridized carbons (Fsp3) is 0.689. The van der Waals surface area contributed by atoms with Gasteiger partial charge in [0.1, 0.15) is 13.2 Å². The van der Waals surface area contributed by atoms with Crippen LogP contribution in [0.2, 0.25) is 0 Å². The summed E-state index contributed by atoms with van der Waals surface area (Å²) in [7, 11) is 0. The SMILES string of the molecule is CC/C=C\C/C=C\C/C=C\C/C=C\CCCCC(=O)OC[C@H](COC(=O)CCC/C=C\C/C=C\C/C=C\C/C=C\CCCCC)OC(=O)CCCCCCCCCCCCCCCCCCC. The lowest BCUT2D eigenvalue weighted by Crippen LogP contribution is -2.30. The van der Waals surface area contributed by atoms with Crippen LogP contribution in [-0.2, 0) is 28.6 Å². The average molecular weight is 931 g/mol. The van der Waals surface area contributed by atoms with Crippen molar-refractivity contribution in [3.63, 3.8) is 0 Å². The highest BCUT2D eigenvalue weighted by Gasteiger charge is 2.19. The molecule has 6 heteroatoms. The van der Waals surface area contributed by atoms with Gasteiger partial charge in [0.05, 0.1) is 0 Å². The third kappa shape index (κ3) is 53.2. The Hall–Kier alpha value is -3.67. The molecule has 382 valence electrons. The van der Waals surface area contributed by atoms with Gasteiger partial charge in [-0.2, -0.15) is 0 Å². The van der Waals surface area contributed by atoms with Gasteiger partial charge in [0.25, 0.3) is 0 Å². The molecule has 0 saturated heterocycles. The van der Waals surface area contributed by atoms with E-state index < -0.39 is 6.10 Å². The Morgan fingerprint density at radius 2 is 0.597 bits per heavy atom. The minimum absolute atomic E-state index is 0.115. The van der Waals surface area contributed by atoms with Crippen LogP contribution < -0.4 is 0 Å². The van der Waals surface area contributed by atoms with Crippen molar-refractivity contribution in [1.29, 1.82) is 0 Å². The predicted octanol–water partition coefficient (Wildman–Crippen LogP) is 18.5. The Kier molecular flexibility index (Phi) is 51.9. The number of carbonyl (C=O) groups is 3. The molecule has 0 N–H and O–H groups in total. The van der Waals surface area contributed by atoms with E-state index >= 15 is 0 Å². The van der Waals surface area contributed by atoms with Crippen LogP contribution in [0.3, 0.4) is 0 Å². The minimum Gasteiger partial charge on any atom is -0.462 e. The second-order valence-corrected chi connectivity index (χ2v) is 18.1. The average Bonchev–Trinajstić information content (AvgIpc) is 3.33. The number of unbranched alkanes of at least 4 members (excludes halogenated alkanes) is 22. The third-order valence-electron chi connectivity index (χ3n) is 11.6. The highest BCUT2D eigenvalue weighted by molar-refractivity contribution is 5.71. The molecule has 0 aromatic rings. The first-order chi connectivity index (χ1) is 33.0. The second kappa shape index (κ2) is 54.9. The molecule has 0 unspecified atom stereocenters. The van der Waals surface area contributed by atoms with Crippen LogP contribution in [0.5, 0.6) is 0 Å². The number of rotatable bonds is 49. The van der Waals surface area contributed by atoms with Crippen molar-refractivity contribution in [2.45, 2.75) is 258 Å². The molecule has 0 fully saturated rings. The topological polar surface area (TPSA) is 78.9 Å². The minimum atomic E-state index is -0.816. The van der Waals surface area contributed by atoms with Crippen molar-refractivity contribution >= 4 is 17.9 Å². The summed E-state index contributed by atoms with van der Waals surface area (Å²) in [6.07, 6.45) is 72.6. The van der Waals surface area contributed by atoms with Gasteiger partial charge in [0.15, 0.2) is 6.10 Å². The van der Waals surface area contributed by atoms with Crippen LogP contribution in [0.25, 0.3) is 0 Å². The van der Waals surface area contributed by atoms with E-state index in [-0.39, 0.29) is 37.5 Å². The Balaban J connectivity index is 4.52. The van der Waals surface area contributed by atoms with Crippen molar-refractivity contribution in [3.05, 3.63) is 97.2 Å². The molecule has 0 spiro atoms. The maximum Gasteiger partial charge on any atom is 0.306 e. The predicted molar refractivity (Wildman–Crippen MR) is 288 cm³/mol. The highest BCUT2D eigenvalue weighted by atomic mass is 16.6. The van der Waals surface area contributed by atoms with Crippen LogP contribution in [0.4, 0.5) is 0 Å². The van der Waals surface area contributed by atoms with Crippen LogP contribution in [0.1, 0.15) is 252 Å². The quantitative estimate of drug-likeness (QED) is 0.0262. The zero-order valence-corrected chi connectivity index (χ0v) is 43.6. The van der Waals surface area contributed by atoms with Crippen LogP contribution in [0, 0.1) is 0 Å². The smallest absolute Gasteiger partial charge is 0.306 e. The van der Waals surface area contributed by atoms with Gasteiger partial charge in [-0.1, -0.05) is 234 Å². The Labute approximate surface area is 413 Å². The van der Waals surface area contributed by atoms with E-state index in [9.17, 15) is 14.4 Å². The molecule has 6 nitrogen and oxygen atoms in total. The summed E-state index contributed by atoms with van der Waals surface area (Å²) < 4.78 is 16.8. The van der Waals surface area contributed by atoms with Crippen molar-refractivity contribution in [2.24, 2.45) is 0 Å². The van der Waals surface area contributed by atoms with Gasteiger partial charge in [0, 0.05) is 19.3 Å². The second-order valence-electron chi connectivity index (χ2n) is 18.1. The van der Waals surface area contributed by atoms with Crippen molar-refractivity contribution < 1.29 is 28.6 Å². The van der Waals surface area contributed by atoms with Gasteiger partial charge >= 0.3 is 17.9 Å². The molecule has 0 saturated carbocycles. The lowest BCUT2D eigenvalue weighted by atomic mass is 10.0. The molecule has 0 aliphatic carbocycles. The summed E-state index contributed by atoms with van der Waals surface area (Å²) in [6.45, 7) is 6.42. The number of carbonyl (C=O) groups excluding carboxylic acids is 3. The van der Waals surface area contributed by atoms with E-state index in [0.717, 1.165) is 83.5 Å². The maximum atomic E-state index is 12.8. The molecule has 1 atom stereocenters. The summed E-state index contributed by atoms with van der Waals surface area (Å²) in [5.74, 6) is -1.01. The molecular weight excluding hydrogens is 829 g/mol. The Morgan fingerprint density at radius 1 is 0.313 bits per heavy atom. The molecule has 0 aliphatic rings. The fourth-order valence-electron chi connectivity index (χ4n) is 7.43. The van der Waals surface area contributed by atoms with Crippen molar-refractivity contribution in [3.8, 4) is 0 Å². The van der Waals surface area contributed by atoms with Crippen LogP contribution in [0.15, 0.2) is 97.2 Å². The Morgan fingerprint density at radius 3 is 1.00 bits per heavy atom. The first-order valence-corrected chi connectivity index (χ1v) is 27.7. The first-order valence-electron chi connectivity index (χ1n) is 27.7. The van der Waals surface area contributed by atoms with Gasteiger partial charge in [-0.3, -0.25) is 14.4 Å². The third-order valence-corrected chi connectivity index (χ3v) is 11.6. The summed E-state index contributed by atoms with van der Waals surface area (Å²) in [4.78, 5) is 38.1. The normalized spacial score (nSPS) is 12.8. The number of allylic oxidation sites excluding steroid dienone is 16. The fourth-order valence-corrected chi connectivity index (χ4v) is 7.43. The van der Waals surface area contributed by atoms with Gasteiger partial charge in [-0.15, -0.1) is 0 Å². The van der Waals surface area contributed by atoms with E-state index in [1.54, 1.807) is 0 Å². The van der Waals surface area contributed by atoms with Gasteiger partial charge in [-0.25, -0.2) is 0 Å². The highest BCUT2D eigenvalue weighted by Crippen LogP contribution is 2.15. The maximum absolute atomic E-state index is 12.8.